The number of nitrogens with one attached hydrogen (secondary N) is 1. The van der Waals surface area contributed by atoms with E-state index in [1.807, 2.05) is 11.3 Å². The molecule has 1 unspecified atom stereocenters. The van der Waals surface area contributed by atoms with Gasteiger partial charge in [0.1, 0.15) is 0 Å². The summed E-state index contributed by atoms with van der Waals surface area (Å²) < 4.78 is 0. The highest BCUT2D eigenvalue weighted by atomic mass is 32.1. The third kappa shape index (κ3) is 2.83. The van der Waals surface area contributed by atoms with Crippen molar-refractivity contribution in [3.63, 3.8) is 0 Å². The average molecular weight is 236 g/mol. The van der Waals surface area contributed by atoms with E-state index >= 15 is 0 Å². The molecule has 2 aliphatic rings. The molecule has 3 heteroatoms. The molecule has 1 N–H and O–H groups in total. The SMILES string of the molecule is CC(CC1CC1)NCc1cnc(C2CC2)s1. The van der Waals surface area contributed by atoms with Gasteiger partial charge in [-0.05, 0) is 32.1 Å². The van der Waals surface area contributed by atoms with E-state index in [1.54, 1.807) is 0 Å². The summed E-state index contributed by atoms with van der Waals surface area (Å²) >= 11 is 1.91. The van der Waals surface area contributed by atoms with Gasteiger partial charge in [-0.3, -0.25) is 0 Å². The molecule has 0 aliphatic heterocycles. The van der Waals surface area contributed by atoms with E-state index in [2.05, 4.69) is 23.4 Å². The molecule has 1 aromatic rings. The van der Waals surface area contributed by atoms with Crippen LogP contribution in [0.5, 0.6) is 0 Å². The van der Waals surface area contributed by atoms with Crippen LogP contribution in [0.1, 0.15) is 54.8 Å². The molecule has 0 amide bonds. The summed E-state index contributed by atoms with van der Waals surface area (Å²) in [5.41, 5.74) is 0. The maximum Gasteiger partial charge on any atom is 0.0959 e. The molecule has 2 aliphatic carbocycles. The molecule has 0 bridgehead atoms. The van der Waals surface area contributed by atoms with Gasteiger partial charge in [-0.2, -0.15) is 0 Å². The van der Waals surface area contributed by atoms with E-state index in [4.69, 9.17) is 0 Å². The van der Waals surface area contributed by atoms with Crippen LogP contribution in [0.3, 0.4) is 0 Å². The van der Waals surface area contributed by atoms with Crippen LogP contribution in [-0.2, 0) is 6.54 Å². The van der Waals surface area contributed by atoms with Crippen LogP contribution >= 0.6 is 11.3 Å². The molecule has 0 spiro atoms. The summed E-state index contributed by atoms with van der Waals surface area (Å²) in [6.07, 6.45) is 9.05. The van der Waals surface area contributed by atoms with Gasteiger partial charge < -0.3 is 5.32 Å². The summed E-state index contributed by atoms with van der Waals surface area (Å²) in [6.45, 7) is 3.32. The Labute approximate surface area is 101 Å². The second-order valence-corrected chi connectivity index (χ2v) is 6.55. The van der Waals surface area contributed by atoms with Gasteiger partial charge in [-0.15, -0.1) is 11.3 Å². The van der Waals surface area contributed by atoms with Crippen molar-refractivity contribution in [1.82, 2.24) is 10.3 Å². The highest BCUT2D eigenvalue weighted by Crippen LogP contribution is 2.41. The van der Waals surface area contributed by atoms with E-state index in [-0.39, 0.29) is 0 Å². The smallest absolute Gasteiger partial charge is 0.0959 e. The fourth-order valence-electron chi connectivity index (χ4n) is 2.14. The average Bonchev–Trinajstić information content (AvgIpc) is 3.18. The van der Waals surface area contributed by atoms with E-state index in [0.29, 0.717) is 6.04 Å². The van der Waals surface area contributed by atoms with Crippen molar-refractivity contribution >= 4 is 11.3 Å². The van der Waals surface area contributed by atoms with E-state index < -0.39 is 0 Å². The van der Waals surface area contributed by atoms with E-state index in [9.17, 15) is 0 Å². The van der Waals surface area contributed by atoms with Crippen molar-refractivity contribution in [2.45, 2.75) is 57.5 Å². The predicted octanol–water partition coefficient (Wildman–Crippen LogP) is 3.30. The van der Waals surface area contributed by atoms with E-state index in [0.717, 1.165) is 18.4 Å². The minimum absolute atomic E-state index is 0.666. The molecule has 0 radical (unpaired) electrons. The lowest BCUT2D eigenvalue weighted by atomic mass is 10.1. The van der Waals surface area contributed by atoms with Crippen molar-refractivity contribution in [2.75, 3.05) is 0 Å². The molecule has 2 nitrogen and oxygen atoms in total. The van der Waals surface area contributed by atoms with Gasteiger partial charge in [-0.25, -0.2) is 4.98 Å². The second-order valence-electron chi connectivity index (χ2n) is 5.40. The third-order valence-electron chi connectivity index (χ3n) is 3.51. The maximum absolute atomic E-state index is 4.51. The Kier molecular flexibility index (Phi) is 2.99. The predicted molar refractivity (Wildman–Crippen MR) is 67.7 cm³/mol. The fraction of sp³-hybridized carbons (Fsp3) is 0.769. The Morgan fingerprint density at radius 2 is 2.25 bits per heavy atom. The molecule has 2 fully saturated rings. The zero-order valence-corrected chi connectivity index (χ0v) is 10.7. The van der Waals surface area contributed by atoms with Crippen LogP contribution in [0.2, 0.25) is 0 Å². The van der Waals surface area contributed by atoms with Crippen LogP contribution in [0.4, 0.5) is 0 Å². The quantitative estimate of drug-likeness (QED) is 0.819. The van der Waals surface area contributed by atoms with Gasteiger partial charge in [-0.1, -0.05) is 12.8 Å². The fourth-order valence-corrected chi connectivity index (χ4v) is 3.17. The summed E-state index contributed by atoms with van der Waals surface area (Å²) in [4.78, 5) is 5.91. The molecule has 1 heterocycles. The summed E-state index contributed by atoms with van der Waals surface area (Å²) in [5.74, 6) is 1.83. The Balaban J connectivity index is 1.45. The van der Waals surface area contributed by atoms with Gasteiger partial charge in [0.15, 0.2) is 0 Å². The number of aromatic nitrogens is 1. The number of thiazole rings is 1. The first-order chi connectivity index (χ1) is 7.81. The van der Waals surface area contributed by atoms with Crippen LogP contribution in [0.15, 0.2) is 6.20 Å². The Morgan fingerprint density at radius 3 is 2.94 bits per heavy atom. The highest BCUT2D eigenvalue weighted by Gasteiger charge is 2.27. The Hall–Kier alpha value is -0.410. The molecular weight excluding hydrogens is 216 g/mol. The molecule has 1 aromatic heterocycles. The first-order valence-corrected chi connectivity index (χ1v) is 7.31. The van der Waals surface area contributed by atoms with Crippen molar-refractivity contribution in [1.29, 1.82) is 0 Å². The minimum Gasteiger partial charge on any atom is -0.309 e. The molecule has 1 atom stereocenters. The van der Waals surface area contributed by atoms with Gasteiger partial charge in [0.25, 0.3) is 0 Å². The number of hydrogen-bond acceptors (Lipinski definition) is 3. The molecule has 16 heavy (non-hydrogen) atoms. The number of nitrogens with zero attached hydrogens (tertiary/aromatic N) is 1. The normalized spacial score (nSPS) is 22.3. The molecule has 0 aromatic carbocycles. The lowest BCUT2D eigenvalue weighted by molar-refractivity contribution is 0.489. The first kappa shape index (κ1) is 10.7. The van der Waals surface area contributed by atoms with Crippen molar-refractivity contribution in [3.05, 3.63) is 16.1 Å². The van der Waals surface area contributed by atoms with Gasteiger partial charge in [0.2, 0.25) is 0 Å². The van der Waals surface area contributed by atoms with Crippen LogP contribution < -0.4 is 5.32 Å². The topological polar surface area (TPSA) is 24.9 Å². The highest BCUT2D eigenvalue weighted by molar-refractivity contribution is 7.11. The summed E-state index contributed by atoms with van der Waals surface area (Å²) in [6, 6.07) is 0.666. The molecule has 88 valence electrons. The molecule has 0 saturated heterocycles. The third-order valence-corrected chi connectivity index (χ3v) is 4.67. The summed E-state index contributed by atoms with van der Waals surface area (Å²) in [7, 11) is 0. The Bertz CT molecular complexity index is 353. The molecular formula is C13H20N2S. The van der Waals surface area contributed by atoms with Gasteiger partial charge in [0.05, 0.1) is 5.01 Å². The second kappa shape index (κ2) is 4.46. The zero-order valence-electron chi connectivity index (χ0n) is 9.91. The lowest BCUT2D eigenvalue weighted by Gasteiger charge is -2.11. The van der Waals surface area contributed by atoms with Crippen molar-refractivity contribution in [3.8, 4) is 0 Å². The van der Waals surface area contributed by atoms with Gasteiger partial charge in [0, 0.05) is 29.6 Å². The molecule has 3 rings (SSSR count). The standard InChI is InChI=1S/C13H20N2S/c1-9(6-10-2-3-10)14-7-12-8-15-13(16-12)11-4-5-11/h8-11,14H,2-7H2,1H3. The summed E-state index contributed by atoms with van der Waals surface area (Å²) in [5, 5.41) is 4.98. The zero-order chi connectivity index (χ0) is 11.0. The Morgan fingerprint density at radius 1 is 1.44 bits per heavy atom. The lowest BCUT2D eigenvalue weighted by Crippen LogP contribution is -2.25. The van der Waals surface area contributed by atoms with Gasteiger partial charge >= 0.3 is 0 Å². The van der Waals surface area contributed by atoms with E-state index in [1.165, 1.54) is 42.0 Å². The van der Waals surface area contributed by atoms with Crippen LogP contribution in [-0.4, -0.2) is 11.0 Å². The molecule has 2 saturated carbocycles. The van der Waals surface area contributed by atoms with Crippen molar-refractivity contribution in [2.24, 2.45) is 5.92 Å². The maximum atomic E-state index is 4.51. The number of rotatable bonds is 6. The van der Waals surface area contributed by atoms with Crippen molar-refractivity contribution < 1.29 is 0 Å². The first-order valence-electron chi connectivity index (χ1n) is 6.49. The minimum atomic E-state index is 0.666. The van der Waals surface area contributed by atoms with Crippen LogP contribution in [0.25, 0.3) is 0 Å². The van der Waals surface area contributed by atoms with Crippen LogP contribution in [0, 0.1) is 5.92 Å². The monoisotopic (exact) mass is 236 g/mol. The largest absolute Gasteiger partial charge is 0.309 e. The number of hydrogen-bond donors (Lipinski definition) is 1.